The van der Waals surface area contributed by atoms with Crippen LogP contribution in [-0.4, -0.2) is 6.61 Å². The Kier molecular flexibility index (Phi) is 8.27. The first-order valence-electron chi connectivity index (χ1n) is 9.47. The van der Waals surface area contributed by atoms with Crippen LogP contribution >= 0.6 is 12.4 Å². The van der Waals surface area contributed by atoms with Crippen molar-refractivity contribution in [3.8, 4) is 11.5 Å². The highest BCUT2D eigenvalue weighted by Crippen LogP contribution is 2.36. The molecule has 1 aliphatic rings. The van der Waals surface area contributed by atoms with Crippen molar-refractivity contribution in [3.05, 3.63) is 59.7 Å². The van der Waals surface area contributed by atoms with Gasteiger partial charge in [0.25, 0.3) is 0 Å². The molecular weight excluding hydrogens is 346 g/mol. The summed E-state index contributed by atoms with van der Waals surface area (Å²) >= 11 is 0. The molecule has 3 rings (SSSR count). The van der Waals surface area contributed by atoms with Gasteiger partial charge in [0, 0.05) is 6.04 Å². The van der Waals surface area contributed by atoms with Gasteiger partial charge in [-0.25, -0.2) is 0 Å². The van der Waals surface area contributed by atoms with Crippen LogP contribution < -0.4 is 15.2 Å². The van der Waals surface area contributed by atoms with Crippen LogP contribution in [0.25, 0.3) is 0 Å². The summed E-state index contributed by atoms with van der Waals surface area (Å²) in [6, 6.07) is 16.4. The molecule has 0 saturated heterocycles. The van der Waals surface area contributed by atoms with Crippen LogP contribution in [0.1, 0.15) is 56.2 Å². The van der Waals surface area contributed by atoms with Crippen molar-refractivity contribution < 1.29 is 9.47 Å². The minimum absolute atomic E-state index is 0. The Labute approximate surface area is 163 Å². The molecule has 0 bridgehead atoms. The van der Waals surface area contributed by atoms with Crippen molar-refractivity contribution in [1.82, 2.24) is 0 Å². The second-order valence-electron chi connectivity index (χ2n) is 6.84. The molecule has 1 aliphatic carbocycles. The number of benzene rings is 2. The van der Waals surface area contributed by atoms with Crippen molar-refractivity contribution in [2.45, 2.75) is 51.7 Å². The van der Waals surface area contributed by atoms with Gasteiger partial charge in [-0.1, -0.05) is 55.7 Å². The van der Waals surface area contributed by atoms with E-state index in [-0.39, 0.29) is 18.4 Å². The van der Waals surface area contributed by atoms with E-state index in [4.69, 9.17) is 15.2 Å². The SMILES string of the molecule is CCOc1cc([C@H](N)C2CCCCC2)ccc1OCc1ccccc1.Cl. The zero-order chi connectivity index (χ0) is 17.5. The summed E-state index contributed by atoms with van der Waals surface area (Å²) in [7, 11) is 0. The van der Waals surface area contributed by atoms with Gasteiger partial charge in [-0.3, -0.25) is 0 Å². The fraction of sp³-hybridized carbons (Fsp3) is 0.455. The quantitative estimate of drug-likeness (QED) is 0.678. The molecule has 0 unspecified atom stereocenters. The van der Waals surface area contributed by atoms with E-state index in [2.05, 4.69) is 24.3 Å². The topological polar surface area (TPSA) is 44.5 Å². The average molecular weight is 376 g/mol. The molecule has 142 valence electrons. The van der Waals surface area contributed by atoms with Crippen LogP contribution in [0.4, 0.5) is 0 Å². The van der Waals surface area contributed by atoms with Gasteiger partial charge >= 0.3 is 0 Å². The van der Waals surface area contributed by atoms with Crippen molar-refractivity contribution in [2.24, 2.45) is 11.7 Å². The van der Waals surface area contributed by atoms with Crippen LogP contribution in [0, 0.1) is 5.92 Å². The van der Waals surface area contributed by atoms with Gasteiger partial charge in [-0.2, -0.15) is 0 Å². The monoisotopic (exact) mass is 375 g/mol. The lowest BCUT2D eigenvalue weighted by Gasteiger charge is -2.28. The summed E-state index contributed by atoms with van der Waals surface area (Å²) in [5.41, 5.74) is 8.85. The fourth-order valence-corrected chi connectivity index (χ4v) is 3.62. The smallest absolute Gasteiger partial charge is 0.161 e. The van der Waals surface area contributed by atoms with E-state index in [1.807, 2.05) is 31.2 Å². The summed E-state index contributed by atoms with van der Waals surface area (Å²) in [6.07, 6.45) is 6.42. The molecule has 1 fully saturated rings. The van der Waals surface area contributed by atoms with Crippen molar-refractivity contribution >= 4 is 12.4 Å². The summed E-state index contributed by atoms with van der Waals surface area (Å²) in [5.74, 6) is 2.16. The molecule has 2 aromatic carbocycles. The van der Waals surface area contributed by atoms with E-state index in [1.54, 1.807) is 0 Å². The number of hydrogen-bond acceptors (Lipinski definition) is 3. The molecule has 3 nitrogen and oxygen atoms in total. The Morgan fingerprint density at radius 1 is 0.962 bits per heavy atom. The lowest BCUT2D eigenvalue weighted by Crippen LogP contribution is -2.23. The van der Waals surface area contributed by atoms with Gasteiger partial charge < -0.3 is 15.2 Å². The summed E-state index contributed by atoms with van der Waals surface area (Å²) < 4.78 is 11.8. The third-order valence-corrected chi connectivity index (χ3v) is 5.05. The fourth-order valence-electron chi connectivity index (χ4n) is 3.62. The van der Waals surface area contributed by atoms with Gasteiger partial charge in [0.05, 0.1) is 6.61 Å². The minimum atomic E-state index is 0. The predicted molar refractivity (Wildman–Crippen MR) is 109 cm³/mol. The molecule has 1 atom stereocenters. The summed E-state index contributed by atoms with van der Waals surface area (Å²) in [6.45, 7) is 3.15. The first-order valence-corrected chi connectivity index (χ1v) is 9.47. The number of ether oxygens (including phenoxy) is 2. The molecule has 0 aromatic heterocycles. The van der Waals surface area contributed by atoms with Crippen LogP contribution in [0.5, 0.6) is 11.5 Å². The van der Waals surface area contributed by atoms with Crippen molar-refractivity contribution in [1.29, 1.82) is 0 Å². The Balaban J connectivity index is 0.00000243. The molecule has 2 aromatic rings. The standard InChI is InChI=1S/C22H29NO2.ClH/c1-2-24-21-15-19(22(23)18-11-7-4-8-12-18)13-14-20(21)25-16-17-9-5-3-6-10-17;/h3,5-6,9-10,13-15,18,22H,2,4,7-8,11-12,16,23H2,1H3;1H/t22-;/m1./s1. The largest absolute Gasteiger partial charge is 0.490 e. The number of halogens is 1. The zero-order valence-corrected chi connectivity index (χ0v) is 16.3. The van der Waals surface area contributed by atoms with Crippen LogP contribution in [-0.2, 0) is 6.61 Å². The molecule has 1 saturated carbocycles. The van der Waals surface area contributed by atoms with Gasteiger partial charge in [0.15, 0.2) is 11.5 Å². The summed E-state index contributed by atoms with van der Waals surface area (Å²) in [5, 5.41) is 0. The molecule has 0 spiro atoms. The van der Waals surface area contributed by atoms with Crippen LogP contribution in [0.2, 0.25) is 0 Å². The molecule has 0 amide bonds. The predicted octanol–water partition coefficient (Wildman–Crippen LogP) is 5.67. The zero-order valence-electron chi connectivity index (χ0n) is 15.5. The highest BCUT2D eigenvalue weighted by Gasteiger charge is 2.23. The van der Waals surface area contributed by atoms with Gasteiger partial charge in [0.1, 0.15) is 6.61 Å². The molecular formula is C22H30ClNO2. The molecule has 0 heterocycles. The Morgan fingerprint density at radius 2 is 1.69 bits per heavy atom. The van der Waals surface area contributed by atoms with Gasteiger partial charge in [-0.15, -0.1) is 12.4 Å². The maximum atomic E-state index is 6.55. The molecule has 26 heavy (non-hydrogen) atoms. The molecule has 4 heteroatoms. The van der Waals surface area contributed by atoms with E-state index in [0.29, 0.717) is 19.1 Å². The van der Waals surface area contributed by atoms with E-state index in [0.717, 1.165) is 22.6 Å². The van der Waals surface area contributed by atoms with Gasteiger partial charge in [-0.05, 0) is 48.9 Å². The molecule has 0 radical (unpaired) electrons. The van der Waals surface area contributed by atoms with E-state index >= 15 is 0 Å². The Morgan fingerprint density at radius 3 is 2.38 bits per heavy atom. The third-order valence-electron chi connectivity index (χ3n) is 5.05. The van der Waals surface area contributed by atoms with E-state index in [9.17, 15) is 0 Å². The number of nitrogens with two attached hydrogens (primary N) is 1. The highest BCUT2D eigenvalue weighted by molar-refractivity contribution is 5.85. The first-order chi connectivity index (χ1) is 12.3. The minimum Gasteiger partial charge on any atom is -0.490 e. The average Bonchev–Trinajstić information content (AvgIpc) is 2.68. The van der Waals surface area contributed by atoms with E-state index < -0.39 is 0 Å². The van der Waals surface area contributed by atoms with Crippen LogP contribution in [0.3, 0.4) is 0 Å². The highest BCUT2D eigenvalue weighted by atomic mass is 35.5. The lowest BCUT2D eigenvalue weighted by molar-refractivity contribution is 0.267. The molecule has 0 aliphatic heterocycles. The lowest BCUT2D eigenvalue weighted by atomic mass is 9.81. The normalized spacial score (nSPS) is 15.8. The second-order valence-corrected chi connectivity index (χ2v) is 6.84. The summed E-state index contributed by atoms with van der Waals surface area (Å²) in [4.78, 5) is 0. The third kappa shape index (κ3) is 5.39. The van der Waals surface area contributed by atoms with Crippen molar-refractivity contribution in [2.75, 3.05) is 6.61 Å². The Hall–Kier alpha value is -1.71. The number of hydrogen-bond donors (Lipinski definition) is 1. The maximum Gasteiger partial charge on any atom is 0.161 e. The number of rotatable bonds is 7. The Bertz CT molecular complexity index is 656. The maximum absolute atomic E-state index is 6.55. The van der Waals surface area contributed by atoms with Crippen molar-refractivity contribution in [3.63, 3.8) is 0 Å². The van der Waals surface area contributed by atoms with E-state index in [1.165, 1.54) is 32.1 Å². The molecule has 2 N–H and O–H groups in total. The van der Waals surface area contributed by atoms with Gasteiger partial charge in [0.2, 0.25) is 0 Å². The second kappa shape index (κ2) is 10.4. The van der Waals surface area contributed by atoms with Crippen LogP contribution in [0.15, 0.2) is 48.5 Å². The first kappa shape index (κ1) is 20.6.